The van der Waals surface area contributed by atoms with Gasteiger partial charge in [-0.3, -0.25) is 4.79 Å². The van der Waals surface area contributed by atoms with Crippen molar-refractivity contribution in [3.8, 4) is 5.75 Å². The van der Waals surface area contributed by atoms with Crippen molar-refractivity contribution in [1.82, 2.24) is 4.90 Å². The van der Waals surface area contributed by atoms with E-state index in [1.807, 2.05) is 4.90 Å². The predicted molar refractivity (Wildman–Crippen MR) is 80.9 cm³/mol. The molecule has 1 heterocycles. The minimum atomic E-state index is 0.0797. The monoisotopic (exact) mass is 276 g/mol. The van der Waals surface area contributed by atoms with Crippen molar-refractivity contribution >= 4 is 11.6 Å². The number of amides is 1. The summed E-state index contributed by atoms with van der Waals surface area (Å²) in [4.78, 5) is 14.5. The molecule has 1 unspecified atom stereocenters. The maximum Gasteiger partial charge on any atom is 0.253 e. The number of likely N-dealkylation sites (tertiary alicyclic amines) is 1. The highest BCUT2D eigenvalue weighted by molar-refractivity contribution is 5.95. The highest BCUT2D eigenvalue weighted by Crippen LogP contribution is 2.25. The number of nitrogens with two attached hydrogens (primary N) is 1. The summed E-state index contributed by atoms with van der Waals surface area (Å²) in [7, 11) is 1.58. The normalized spacial score (nSPS) is 19.5. The number of nitrogen functional groups attached to an aromatic ring is 1. The third-order valence-electron chi connectivity index (χ3n) is 4.19. The van der Waals surface area contributed by atoms with Crippen LogP contribution in [0.5, 0.6) is 5.75 Å². The van der Waals surface area contributed by atoms with Crippen LogP contribution in [-0.2, 0) is 0 Å². The van der Waals surface area contributed by atoms with Gasteiger partial charge in [-0.15, -0.1) is 0 Å². The average molecular weight is 276 g/mol. The van der Waals surface area contributed by atoms with Gasteiger partial charge in [0.05, 0.1) is 12.8 Å². The molecule has 1 amide bonds. The van der Waals surface area contributed by atoms with E-state index >= 15 is 0 Å². The molecule has 1 aliphatic rings. The lowest BCUT2D eigenvalue weighted by Crippen LogP contribution is -2.32. The third-order valence-corrected chi connectivity index (χ3v) is 4.19. The molecule has 1 aromatic rings. The van der Waals surface area contributed by atoms with Crippen LogP contribution in [-0.4, -0.2) is 31.0 Å². The highest BCUT2D eigenvalue weighted by Gasteiger charge is 2.21. The van der Waals surface area contributed by atoms with Gasteiger partial charge in [-0.1, -0.05) is 13.3 Å². The predicted octanol–water partition coefficient (Wildman–Crippen LogP) is 2.93. The fourth-order valence-electron chi connectivity index (χ4n) is 2.83. The molecule has 1 saturated heterocycles. The summed E-state index contributed by atoms with van der Waals surface area (Å²) >= 11 is 0. The van der Waals surface area contributed by atoms with Crippen LogP contribution in [0.3, 0.4) is 0 Å². The van der Waals surface area contributed by atoms with Crippen molar-refractivity contribution in [1.29, 1.82) is 0 Å². The Labute approximate surface area is 120 Å². The standard InChI is InChI=1S/C16H24N2O2/c1-3-12-5-4-9-18(10-8-12)16(19)13-6-7-15(20-2)14(17)11-13/h6-7,11-12H,3-5,8-10,17H2,1-2H3. The summed E-state index contributed by atoms with van der Waals surface area (Å²) in [5, 5.41) is 0. The molecular weight excluding hydrogens is 252 g/mol. The van der Waals surface area contributed by atoms with Crippen LogP contribution in [0.15, 0.2) is 18.2 Å². The molecule has 0 saturated carbocycles. The van der Waals surface area contributed by atoms with Crippen molar-refractivity contribution in [2.75, 3.05) is 25.9 Å². The summed E-state index contributed by atoms with van der Waals surface area (Å²) in [6.45, 7) is 3.93. The zero-order valence-electron chi connectivity index (χ0n) is 12.4. The number of nitrogens with zero attached hydrogens (tertiary/aromatic N) is 1. The van der Waals surface area contributed by atoms with Crippen molar-refractivity contribution in [3.63, 3.8) is 0 Å². The van der Waals surface area contributed by atoms with Gasteiger partial charge in [-0.2, -0.15) is 0 Å². The van der Waals surface area contributed by atoms with E-state index in [0.717, 1.165) is 31.8 Å². The summed E-state index contributed by atoms with van der Waals surface area (Å²) in [6.07, 6.45) is 4.63. The van der Waals surface area contributed by atoms with Gasteiger partial charge >= 0.3 is 0 Å². The first-order valence-electron chi connectivity index (χ1n) is 7.38. The molecule has 0 aromatic heterocycles. The second-order valence-corrected chi connectivity index (χ2v) is 5.45. The summed E-state index contributed by atoms with van der Waals surface area (Å²) in [5.41, 5.74) is 7.04. The van der Waals surface area contributed by atoms with E-state index in [-0.39, 0.29) is 5.91 Å². The molecule has 2 rings (SSSR count). The van der Waals surface area contributed by atoms with E-state index in [2.05, 4.69) is 6.92 Å². The number of rotatable bonds is 3. The number of ether oxygens (including phenoxy) is 1. The number of carbonyl (C=O) groups is 1. The molecule has 110 valence electrons. The zero-order chi connectivity index (χ0) is 14.5. The smallest absolute Gasteiger partial charge is 0.253 e. The Morgan fingerprint density at radius 3 is 2.85 bits per heavy atom. The Morgan fingerprint density at radius 1 is 1.40 bits per heavy atom. The fraction of sp³-hybridized carbons (Fsp3) is 0.562. The number of carbonyl (C=O) groups excluding carboxylic acids is 1. The Hall–Kier alpha value is -1.71. The molecule has 2 N–H and O–H groups in total. The SMILES string of the molecule is CCC1CCCN(C(=O)c2ccc(OC)c(N)c2)CC1. The summed E-state index contributed by atoms with van der Waals surface area (Å²) in [5.74, 6) is 1.45. The maximum absolute atomic E-state index is 12.5. The van der Waals surface area contributed by atoms with Crippen LogP contribution in [0.4, 0.5) is 5.69 Å². The Balaban J connectivity index is 2.08. The van der Waals surface area contributed by atoms with Crippen LogP contribution in [0.1, 0.15) is 43.0 Å². The molecule has 0 bridgehead atoms. The number of hydrogen-bond donors (Lipinski definition) is 1. The molecule has 1 aliphatic heterocycles. The lowest BCUT2D eigenvalue weighted by atomic mass is 9.98. The van der Waals surface area contributed by atoms with Crippen LogP contribution >= 0.6 is 0 Å². The third kappa shape index (κ3) is 3.24. The molecule has 1 fully saturated rings. The van der Waals surface area contributed by atoms with Crippen molar-refractivity contribution in [2.45, 2.75) is 32.6 Å². The quantitative estimate of drug-likeness (QED) is 0.864. The number of methoxy groups -OCH3 is 1. The Morgan fingerprint density at radius 2 is 2.20 bits per heavy atom. The number of hydrogen-bond acceptors (Lipinski definition) is 3. The van der Waals surface area contributed by atoms with Crippen LogP contribution in [0.25, 0.3) is 0 Å². The van der Waals surface area contributed by atoms with Crippen molar-refractivity contribution < 1.29 is 9.53 Å². The van der Waals surface area contributed by atoms with Gasteiger partial charge in [-0.05, 0) is 43.4 Å². The lowest BCUT2D eigenvalue weighted by molar-refractivity contribution is 0.0760. The zero-order valence-corrected chi connectivity index (χ0v) is 12.4. The van der Waals surface area contributed by atoms with E-state index in [0.29, 0.717) is 17.0 Å². The topological polar surface area (TPSA) is 55.6 Å². The highest BCUT2D eigenvalue weighted by atomic mass is 16.5. The fourth-order valence-corrected chi connectivity index (χ4v) is 2.83. The maximum atomic E-state index is 12.5. The first-order valence-corrected chi connectivity index (χ1v) is 7.38. The Bertz CT molecular complexity index is 474. The molecule has 20 heavy (non-hydrogen) atoms. The Kier molecular flexibility index (Phi) is 4.88. The summed E-state index contributed by atoms with van der Waals surface area (Å²) < 4.78 is 5.12. The number of anilines is 1. The molecule has 4 heteroatoms. The second kappa shape index (κ2) is 6.64. The van der Waals surface area contributed by atoms with E-state index in [9.17, 15) is 4.79 Å². The van der Waals surface area contributed by atoms with E-state index in [4.69, 9.17) is 10.5 Å². The molecule has 0 aliphatic carbocycles. The number of benzene rings is 1. The average Bonchev–Trinajstić information content (AvgIpc) is 2.71. The van der Waals surface area contributed by atoms with Crippen molar-refractivity contribution in [2.24, 2.45) is 5.92 Å². The van der Waals surface area contributed by atoms with Gasteiger partial charge in [0.25, 0.3) is 5.91 Å². The van der Waals surface area contributed by atoms with E-state index in [1.165, 1.54) is 12.8 Å². The molecule has 1 aromatic carbocycles. The van der Waals surface area contributed by atoms with Crippen LogP contribution in [0, 0.1) is 5.92 Å². The van der Waals surface area contributed by atoms with E-state index < -0.39 is 0 Å². The molecule has 0 spiro atoms. The van der Waals surface area contributed by atoms with Gasteiger partial charge in [0.2, 0.25) is 0 Å². The van der Waals surface area contributed by atoms with Gasteiger partial charge in [0.15, 0.2) is 0 Å². The largest absolute Gasteiger partial charge is 0.495 e. The minimum absolute atomic E-state index is 0.0797. The van der Waals surface area contributed by atoms with Gasteiger partial charge in [-0.25, -0.2) is 0 Å². The van der Waals surface area contributed by atoms with Crippen LogP contribution in [0.2, 0.25) is 0 Å². The van der Waals surface area contributed by atoms with Crippen LogP contribution < -0.4 is 10.5 Å². The molecular formula is C16H24N2O2. The lowest BCUT2D eigenvalue weighted by Gasteiger charge is -2.21. The summed E-state index contributed by atoms with van der Waals surface area (Å²) in [6, 6.07) is 5.26. The first-order chi connectivity index (χ1) is 9.65. The van der Waals surface area contributed by atoms with Crippen molar-refractivity contribution in [3.05, 3.63) is 23.8 Å². The molecule has 1 atom stereocenters. The first kappa shape index (κ1) is 14.7. The van der Waals surface area contributed by atoms with Gasteiger partial charge in [0.1, 0.15) is 5.75 Å². The molecule has 0 radical (unpaired) electrons. The minimum Gasteiger partial charge on any atom is -0.495 e. The van der Waals surface area contributed by atoms with Gasteiger partial charge < -0.3 is 15.4 Å². The van der Waals surface area contributed by atoms with E-state index in [1.54, 1.807) is 25.3 Å². The molecule has 4 nitrogen and oxygen atoms in total. The second-order valence-electron chi connectivity index (χ2n) is 5.45. The van der Waals surface area contributed by atoms with Gasteiger partial charge in [0, 0.05) is 18.7 Å².